The quantitative estimate of drug-likeness (QED) is 0.172. The van der Waals surface area contributed by atoms with Gasteiger partial charge in [-0.3, -0.25) is 28.6 Å². The highest BCUT2D eigenvalue weighted by molar-refractivity contribution is 7.84. The molecule has 2 fully saturated rings. The fourth-order valence-electron chi connectivity index (χ4n) is 3.75. The Balaban J connectivity index is 1.68. The first-order chi connectivity index (χ1) is 16.5. The zero-order chi connectivity index (χ0) is 25.8. The van der Waals surface area contributed by atoms with Gasteiger partial charge in [0.05, 0.1) is 6.54 Å². The molecule has 2 atom stereocenters. The Morgan fingerprint density at radius 2 is 1.77 bits per heavy atom. The highest BCUT2D eigenvalue weighted by Gasteiger charge is 2.45. The largest absolute Gasteiger partial charge is 0.362 e. The summed E-state index contributed by atoms with van der Waals surface area (Å²) in [6.07, 6.45) is 2.60. The first-order valence-electron chi connectivity index (χ1n) is 11.1. The number of carbonyl (C=O) groups excluding carboxylic acids is 5. The van der Waals surface area contributed by atoms with Gasteiger partial charge in [-0.25, -0.2) is 9.10 Å². The van der Waals surface area contributed by atoms with Crippen LogP contribution in [0.25, 0.3) is 0 Å². The lowest BCUT2D eigenvalue weighted by Gasteiger charge is -2.36. The van der Waals surface area contributed by atoms with Crippen molar-refractivity contribution in [2.75, 3.05) is 26.2 Å². The molecule has 2 unspecified atom stereocenters. The number of β-lactam (4-membered cyclic amide) rings is 1. The van der Waals surface area contributed by atoms with Gasteiger partial charge in [0.25, 0.3) is 5.91 Å². The predicted molar refractivity (Wildman–Crippen MR) is 121 cm³/mol. The highest BCUT2D eigenvalue weighted by atomic mass is 32.2. The summed E-state index contributed by atoms with van der Waals surface area (Å²) >= 11 is 0. The van der Waals surface area contributed by atoms with Crippen LogP contribution in [0.4, 0.5) is 4.79 Å². The third kappa shape index (κ3) is 5.95. The molecule has 3 rings (SSSR count). The molecule has 2 saturated heterocycles. The molecule has 0 aliphatic carbocycles. The molecule has 13 nitrogen and oxygen atoms in total. The van der Waals surface area contributed by atoms with Crippen LogP contribution in [-0.2, 0) is 29.5 Å². The van der Waals surface area contributed by atoms with Gasteiger partial charge in [-0.15, -0.1) is 0 Å². The zero-order valence-electron chi connectivity index (χ0n) is 19.0. The van der Waals surface area contributed by atoms with E-state index in [1.807, 2.05) is 6.92 Å². The summed E-state index contributed by atoms with van der Waals surface area (Å²) in [5.74, 6) is -3.67. The molecule has 2 aliphatic rings. The van der Waals surface area contributed by atoms with E-state index in [4.69, 9.17) is 4.55 Å². The van der Waals surface area contributed by atoms with Crippen molar-refractivity contribution < 1.29 is 36.9 Å². The molecule has 0 bridgehead atoms. The average Bonchev–Trinajstić information content (AvgIpc) is 2.82. The number of nitrogens with zero attached hydrogens (tertiary/aromatic N) is 3. The van der Waals surface area contributed by atoms with E-state index in [1.165, 1.54) is 17.0 Å². The minimum atomic E-state index is -4.73. The molecule has 14 heteroatoms. The van der Waals surface area contributed by atoms with Crippen molar-refractivity contribution in [2.45, 2.75) is 38.3 Å². The Bertz CT molecular complexity index is 1110. The van der Waals surface area contributed by atoms with Crippen molar-refractivity contribution in [3.63, 3.8) is 0 Å². The topological polar surface area (TPSA) is 173 Å². The molecule has 190 valence electrons. The molecule has 2 aliphatic heterocycles. The van der Waals surface area contributed by atoms with E-state index in [1.54, 1.807) is 18.2 Å². The Labute approximate surface area is 202 Å². The van der Waals surface area contributed by atoms with E-state index in [-0.39, 0.29) is 17.4 Å². The Kier molecular flexibility index (Phi) is 8.07. The number of rotatable bonds is 9. The van der Waals surface area contributed by atoms with Crippen LogP contribution in [0.5, 0.6) is 0 Å². The van der Waals surface area contributed by atoms with E-state index in [9.17, 15) is 32.4 Å². The van der Waals surface area contributed by atoms with Gasteiger partial charge < -0.3 is 15.5 Å². The fraction of sp³-hybridized carbons (Fsp3) is 0.476. The molecule has 2 heterocycles. The molecular weight excluding hydrogens is 482 g/mol. The van der Waals surface area contributed by atoms with Gasteiger partial charge in [-0.1, -0.05) is 50.1 Å². The second kappa shape index (κ2) is 10.8. The number of imide groups is 1. The smallest absolute Gasteiger partial charge is 0.341 e. The van der Waals surface area contributed by atoms with Gasteiger partial charge in [-0.05, 0) is 12.0 Å². The molecule has 1 aromatic carbocycles. The first kappa shape index (κ1) is 26.1. The van der Waals surface area contributed by atoms with Gasteiger partial charge in [0.1, 0.15) is 12.1 Å². The van der Waals surface area contributed by atoms with E-state index < -0.39 is 58.6 Å². The lowest BCUT2D eigenvalue weighted by Crippen LogP contribution is -2.66. The molecule has 0 saturated carbocycles. The molecule has 3 N–H and O–H groups in total. The normalized spacial score (nSPS) is 19.3. The number of hydrogen-bond acceptors (Lipinski definition) is 7. The zero-order valence-corrected chi connectivity index (χ0v) is 19.9. The molecule has 0 spiro atoms. The summed E-state index contributed by atoms with van der Waals surface area (Å²) < 4.78 is 31.4. The number of unbranched alkanes of at least 4 members (excludes halogenated alkanes) is 2. The average molecular weight is 510 g/mol. The van der Waals surface area contributed by atoms with Crippen LogP contribution in [0.2, 0.25) is 0 Å². The van der Waals surface area contributed by atoms with Crippen LogP contribution in [0.15, 0.2) is 30.3 Å². The van der Waals surface area contributed by atoms with E-state index >= 15 is 0 Å². The lowest BCUT2D eigenvalue weighted by molar-refractivity contribution is -0.153. The number of amides is 6. The molecule has 35 heavy (non-hydrogen) atoms. The van der Waals surface area contributed by atoms with Gasteiger partial charge >= 0.3 is 28.1 Å². The summed E-state index contributed by atoms with van der Waals surface area (Å²) in [6, 6.07) is 4.45. The SMILES string of the molecule is CCCCCN1CCN(C(=O)NC(C(=O)NC2CN(S(=O)(=O)O)C2=O)c2ccccc2)C(=O)C1=O. The number of carbonyl (C=O) groups is 5. The Hall–Kier alpha value is -3.52. The molecule has 0 radical (unpaired) electrons. The molecular formula is C21H27N5O8S. The minimum Gasteiger partial charge on any atom is -0.341 e. The molecule has 1 aromatic rings. The van der Waals surface area contributed by atoms with Crippen LogP contribution < -0.4 is 10.6 Å². The molecule has 6 amide bonds. The van der Waals surface area contributed by atoms with Crippen molar-refractivity contribution >= 4 is 40.0 Å². The number of piperazine rings is 1. The number of nitrogens with one attached hydrogen (secondary N) is 2. The summed E-state index contributed by atoms with van der Waals surface area (Å²) in [7, 11) is -4.73. The van der Waals surface area contributed by atoms with Crippen molar-refractivity contribution in [1.82, 2.24) is 24.7 Å². The van der Waals surface area contributed by atoms with Crippen LogP contribution in [-0.4, -0.2) is 89.0 Å². The lowest BCUT2D eigenvalue weighted by atomic mass is 10.0. The number of urea groups is 1. The summed E-state index contributed by atoms with van der Waals surface area (Å²) in [5.41, 5.74) is 0.328. The maximum Gasteiger partial charge on any atom is 0.362 e. The van der Waals surface area contributed by atoms with Gasteiger partial charge in [-0.2, -0.15) is 8.42 Å². The van der Waals surface area contributed by atoms with Crippen molar-refractivity contribution in [2.24, 2.45) is 0 Å². The Morgan fingerprint density at radius 3 is 2.37 bits per heavy atom. The number of hydrogen-bond donors (Lipinski definition) is 3. The standard InChI is InChI=1S/C21H27N5O8S/c1-2-3-7-10-24-11-12-25(20(30)19(24)29)21(31)23-16(14-8-5-4-6-9-14)17(27)22-15-13-26(18(15)28)35(32,33)34/h4-6,8-9,15-16H,2-3,7,10-13H2,1H3,(H,22,27)(H,23,31)(H,32,33,34). The second-order valence-electron chi connectivity index (χ2n) is 8.16. The monoisotopic (exact) mass is 509 g/mol. The number of benzene rings is 1. The van der Waals surface area contributed by atoms with Crippen LogP contribution in [0.3, 0.4) is 0 Å². The second-order valence-corrected chi connectivity index (χ2v) is 9.49. The van der Waals surface area contributed by atoms with Gasteiger partial charge in [0.2, 0.25) is 5.91 Å². The third-order valence-corrected chi connectivity index (χ3v) is 6.62. The highest BCUT2D eigenvalue weighted by Crippen LogP contribution is 2.18. The maximum atomic E-state index is 12.9. The van der Waals surface area contributed by atoms with Gasteiger partial charge in [0, 0.05) is 19.6 Å². The summed E-state index contributed by atoms with van der Waals surface area (Å²) in [5, 5.41) is 4.75. The van der Waals surface area contributed by atoms with Gasteiger partial charge in [0.15, 0.2) is 0 Å². The Morgan fingerprint density at radius 1 is 1.09 bits per heavy atom. The van der Waals surface area contributed by atoms with E-state index in [0.717, 1.165) is 24.2 Å². The minimum absolute atomic E-state index is 0.0455. The van der Waals surface area contributed by atoms with E-state index in [2.05, 4.69) is 10.6 Å². The predicted octanol–water partition coefficient (Wildman–Crippen LogP) is -0.572. The van der Waals surface area contributed by atoms with Crippen LogP contribution >= 0.6 is 0 Å². The molecule has 0 aromatic heterocycles. The summed E-state index contributed by atoms with van der Waals surface area (Å²) in [4.78, 5) is 64.9. The van der Waals surface area contributed by atoms with Crippen LogP contribution in [0, 0.1) is 0 Å². The summed E-state index contributed by atoms with van der Waals surface area (Å²) in [6.45, 7) is 2.09. The van der Waals surface area contributed by atoms with Crippen LogP contribution in [0.1, 0.15) is 37.8 Å². The fourth-order valence-corrected chi connectivity index (χ4v) is 4.44. The third-order valence-electron chi connectivity index (χ3n) is 5.74. The van der Waals surface area contributed by atoms with Crippen molar-refractivity contribution in [1.29, 1.82) is 0 Å². The van der Waals surface area contributed by atoms with Crippen molar-refractivity contribution in [3.8, 4) is 0 Å². The van der Waals surface area contributed by atoms with E-state index in [0.29, 0.717) is 12.1 Å². The maximum absolute atomic E-state index is 12.9. The first-order valence-corrected chi connectivity index (χ1v) is 12.5. The van der Waals surface area contributed by atoms with Crippen molar-refractivity contribution in [3.05, 3.63) is 35.9 Å².